The SMILES string of the molecule is COC1(C)CCCN(C(C)(CN)CCCC(F)(F)F)C1. The van der Waals surface area contributed by atoms with Crippen LogP contribution in [0.25, 0.3) is 0 Å². The van der Waals surface area contributed by atoms with Gasteiger partial charge in [-0.05, 0) is 46.1 Å². The zero-order valence-electron chi connectivity index (χ0n) is 12.7. The summed E-state index contributed by atoms with van der Waals surface area (Å²) in [6.07, 6.45) is -2.28. The molecule has 1 fully saturated rings. The first-order valence-electron chi connectivity index (χ1n) is 7.21. The molecule has 2 unspecified atom stereocenters. The number of rotatable bonds is 6. The fourth-order valence-electron chi connectivity index (χ4n) is 2.89. The Labute approximate surface area is 119 Å². The Kier molecular flexibility index (Phi) is 5.87. The van der Waals surface area contributed by atoms with E-state index < -0.39 is 12.6 Å². The van der Waals surface area contributed by atoms with E-state index in [0.717, 1.165) is 25.9 Å². The van der Waals surface area contributed by atoms with E-state index in [1.807, 2.05) is 13.8 Å². The molecule has 0 aromatic carbocycles. The fourth-order valence-corrected chi connectivity index (χ4v) is 2.89. The summed E-state index contributed by atoms with van der Waals surface area (Å²) in [5.74, 6) is 0. The molecule has 1 heterocycles. The Hall–Kier alpha value is -0.330. The summed E-state index contributed by atoms with van der Waals surface area (Å²) in [5.41, 5.74) is 5.25. The van der Waals surface area contributed by atoms with Crippen LogP contribution in [0.1, 0.15) is 46.0 Å². The van der Waals surface area contributed by atoms with Crippen LogP contribution in [0, 0.1) is 0 Å². The number of piperidine rings is 1. The molecule has 1 saturated heterocycles. The molecule has 0 radical (unpaired) electrons. The molecular formula is C14H27F3N2O. The van der Waals surface area contributed by atoms with E-state index >= 15 is 0 Å². The first-order valence-corrected chi connectivity index (χ1v) is 7.21. The number of nitrogens with two attached hydrogens (primary N) is 1. The van der Waals surface area contributed by atoms with Gasteiger partial charge in [-0.3, -0.25) is 4.90 Å². The van der Waals surface area contributed by atoms with Gasteiger partial charge in [-0.25, -0.2) is 0 Å². The predicted octanol–water partition coefficient (Wildman–Crippen LogP) is 2.94. The van der Waals surface area contributed by atoms with Crippen LogP contribution in [0.4, 0.5) is 13.2 Å². The molecule has 120 valence electrons. The van der Waals surface area contributed by atoms with Crippen molar-refractivity contribution in [3.8, 4) is 0 Å². The number of halogens is 3. The molecule has 0 spiro atoms. The van der Waals surface area contributed by atoms with E-state index in [2.05, 4.69) is 4.90 Å². The minimum atomic E-state index is -4.08. The third kappa shape index (κ3) is 4.90. The van der Waals surface area contributed by atoms with Gasteiger partial charge < -0.3 is 10.5 Å². The normalized spacial score (nSPS) is 28.4. The lowest BCUT2D eigenvalue weighted by atomic mass is 9.86. The van der Waals surface area contributed by atoms with Gasteiger partial charge in [0.2, 0.25) is 0 Å². The maximum Gasteiger partial charge on any atom is 0.389 e. The van der Waals surface area contributed by atoms with E-state index in [0.29, 0.717) is 13.0 Å². The second-order valence-corrected chi connectivity index (χ2v) is 6.35. The van der Waals surface area contributed by atoms with Crippen molar-refractivity contribution in [2.24, 2.45) is 5.73 Å². The molecule has 2 atom stereocenters. The predicted molar refractivity (Wildman–Crippen MR) is 73.6 cm³/mol. The third-order valence-electron chi connectivity index (χ3n) is 4.53. The van der Waals surface area contributed by atoms with Gasteiger partial charge in [0.05, 0.1) is 5.60 Å². The minimum absolute atomic E-state index is 0.122. The monoisotopic (exact) mass is 296 g/mol. The van der Waals surface area contributed by atoms with Gasteiger partial charge in [0.1, 0.15) is 0 Å². The summed E-state index contributed by atoms with van der Waals surface area (Å²) < 4.78 is 42.4. The molecule has 0 aromatic rings. The standard InChI is InChI=1S/C14H27F3N2O/c1-12(10-18,6-4-8-14(15,16)17)19-9-5-7-13(2,11-19)20-3/h4-11,18H2,1-3H3. The Morgan fingerprint density at radius 3 is 2.45 bits per heavy atom. The molecule has 1 aliphatic heterocycles. The molecule has 0 amide bonds. The molecule has 0 aromatic heterocycles. The zero-order valence-corrected chi connectivity index (χ0v) is 12.7. The summed E-state index contributed by atoms with van der Waals surface area (Å²) in [7, 11) is 1.69. The van der Waals surface area contributed by atoms with Crippen LogP contribution in [0.15, 0.2) is 0 Å². The van der Waals surface area contributed by atoms with Gasteiger partial charge in [-0.15, -0.1) is 0 Å². The molecule has 3 nitrogen and oxygen atoms in total. The molecule has 0 bridgehead atoms. The lowest BCUT2D eigenvalue weighted by Gasteiger charge is -2.48. The maximum atomic E-state index is 12.3. The number of hydrogen-bond acceptors (Lipinski definition) is 3. The van der Waals surface area contributed by atoms with E-state index in [-0.39, 0.29) is 17.6 Å². The van der Waals surface area contributed by atoms with Crippen LogP contribution in [0.2, 0.25) is 0 Å². The molecule has 0 aliphatic carbocycles. The number of nitrogens with zero attached hydrogens (tertiary/aromatic N) is 1. The number of methoxy groups -OCH3 is 1. The van der Waals surface area contributed by atoms with Crippen LogP contribution >= 0.6 is 0 Å². The van der Waals surface area contributed by atoms with Crippen molar-refractivity contribution in [1.29, 1.82) is 0 Å². The summed E-state index contributed by atoms with van der Waals surface area (Å²) >= 11 is 0. The topological polar surface area (TPSA) is 38.5 Å². The molecule has 2 N–H and O–H groups in total. The average molecular weight is 296 g/mol. The largest absolute Gasteiger partial charge is 0.389 e. The number of likely N-dealkylation sites (tertiary alicyclic amines) is 1. The van der Waals surface area contributed by atoms with Gasteiger partial charge in [-0.1, -0.05) is 0 Å². The van der Waals surface area contributed by atoms with Crippen molar-refractivity contribution in [1.82, 2.24) is 4.90 Å². The van der Waals surface area contributed by atoms with Crippen molar-refractivity contribution >= 4 is 0 Å². The summed E-state index contributed by atoms with van der Waals surface area (Å²) in [6, 6.07) is 0. The van der Waals surface area contributed by atoms with E-state index in [1.165, 1.54) is 0 Å². The Balaban J connectivity index is 2.63. The quantitative estimate of drug-likeness (QED) is 0.819. The number of ether oxygens (including phenoxy) is 1. The molecule has 1 aliphatic rings. The maximum absolute atomic E-state index is 12.3. The van der Waals surface area contributed by atoms with E-state index in [4.69, 9.17) is 10.5 Å². The van der Waals surface area contributed by atoms with Crippen LogP contribution in [-0.2, 0) is 4.74 Å². The molecule has 0 saturated carbocycles. The van der Waals surface area contributed by atoms with Gasteiger partial charge in [0, 0.05) is 32.2 Å². The molecule has 20 heavy (non-hydrogen) atoms. The smallest absolute Gasteiger partial charge is 0.377 e. The highest BCUT2D eigenvalue weighted by molar-refractivity contribution is 4.95. The molecular weight excluding hydrogens is 269 g/mol. The lowest BCUT2D eigenvalue weighted by Crippen LogP contribution is -2.59. The summed E-state index contributed by atoms with van der Waals surface area (Å²) in [4.78, 5) is 2.20. The highest BCUT2D eigenvalue weighted by Crippen LogP contribution is 2.32. The minimum Gasteiger partial charge on any atom is -0.377 e. The average Bonchev–Trinajstić information content (AvgIpc) is 2.37. The third-order valence-corrected chi connectivity index (χ3v) is 4.53. The molecule has 6 heteroatoms. The van der Waals surface area contributed by atoms with Crippen LogP contribution in [-0.4, -0.2) is 49.0 Å². The van der Waals surface area contributed by atoms with Gasteiger partial charge in [-0.2, -0.15) is 13.2 Å². The summed E-state index contributed by atoms with van der Waals surface area (Å²) in [6.45, 7) is 5.98. The second-order valence-electron chi connectivity index (χ2n) is 6.35. The summed E-state index contributed by atoms with van der Waals surface area (Å²) in [5, 5.41) is 0. The highest BCUT2D eigenvalue weighted by Gasteiger charge is 2.39. The van der Waals surface area contributed by atoms with Crippen LogP contribution < -0.4 is 5.73 Å². The second kappa shape index (κ2) is 6.62. The lowest BCUT2D eigenvalue weighted by molar-refractivity contribution is -0.138. The van der Waals surface area contributed by atoms with Crippen LogP contribution in [0.5, 0.6) is 0 Å². The highest BCUT2D eigenvalue weighted by atomic mass is 19.4. The number of hydrogen-bond donors (Lipinski definition) is 1. The Morgan fingerprint density at radius 2 is 1.95 bits per heavy atom. The van der Waals surface area contributed by atoms with E-state index in [9.17, 15) is 13.2 Å². The van der Waals surface area contributed by atoms with Crippen molar-refractivity contribution in [2.45, 2.75) is 63.3 Å². The van der Waals surface area contributed by atoms with Gasteiger partial charge in [0.25, 0.3) is 0 Å². The van der Waals surface area contributed by atoms with Crippen molar-refractivity contribution in [2.75, 3.05) is 26.7 Å². The first kappa shape index (κ1) is 17.7. The van der Waals surface area contributed by atoms with Crippen molar-refractivity contribution in [3.63, 3.8) is 0 Å². The van der Waals surface area contributed by atoms with Gasteiger partial charge >= 0.3 is 6.18 Å². The molecule has 1 rings (SSSR count). The fraction of sp³-hybridized carbons (Fsp3) is 1.00. The zero-order chi connectivity index (χ0) is 15.4. The Bertz CT molecular complexity index is 311. The van der Waals surface area contributed by atoms with Crippen LogP contribution in [0.3, 0.4) is 0 Å². The van der Waals surface area contributed by atoms with E-state index in [1.54, 1.807) is 7.11 Å². The van der Waals surface area contributed by atoms with Crippen molar-refractivity contribution < 1.29 is 17.9 Å². The number of alkyl halides is 3. The first-order chi connectivity index (χ1) is 9.14. The van der Waals surface area contributed by atoms with Crippen molar-refractivity contribution in [3.05, 3.63) is 0 Å². The Morgan fingerprint density at radius 1 is 1.30 bits per heavy atom. The van der Waals surface area contributed by atoms with Gasteiger partial charge in [0.15, 0.2) is 0 Å².